The van der Waals surface area contributed by atoms with Gasteiger partial charge in [-0.2, -0.15) is 5.10 Å². The molecule has 0 aliphatic heterocycles. The minimum atomic E-state index is -3.67. The Morgan fingerprint density at radius 1 is 1.30 bits per heavy atom. The number of aliphatic hydroxyl groups excluding tert-OH is 1. The van der Waals surface area contributed by atoms with Crippen LogP contribution in [0.25, 0.3) is 0 Å². The van der Waals surface area contributed by atoms with E-state index < -0.39 is 10.0 Å². The standard InChI is InChI=1S/C12H16N4O3S/c1-8-3-9(2)11(4-10(8)6-17)20(18,19)15-5-12-13-7-14-16-12/h3-4,7,15,17H,5-6H2,1-2H3,(H,13,14,16). The van der Waals surface area contributed by atoms with Crippen molar-refractivity contribution in [3.63, 3.8) is 0 Å². The molecule has 1 heterocycles. The number of hydrogen-bond donors (Lipinski definition) is 3. The van der Waals surface area contributed by atoms with Gasteiger partial charge in [-0.1, -0.05) is 6.07 Å². The molecular weight excluding hydrogens is 280 g/mol. The molecule has 0 bridgehead atoms. The van der Waals surface area contributed by atoms with Gasteiger partial charge in [0.15, 0.2) is 0 Å². The summed E-state index contributed by atoms with van der Waals surface area (Å²) in [5.41, 5.74) is 2.08. The van der Waals surface area contributed by atoms with E-state index in [1.807, 2.05) is 6.92 Å². The van der Waals surface area contributed by atoms with Crippen molar-refractivity contribution in [1.82, 2.24) is 19.9 Å². The molecule has 0 saturated heterocycles. The van der Waals surface area contributed by atoms with Gasteiger partial charge in [0.05, 0.1) is 18.0 Å². The summed E-state index contributed by atoms with van der Waals surface area (Å²) in [5, 5.41) is 15.5. The number of aliphatic hydroxyl groups is 1. The minimum Gasteiger partial charge on any atom is -0.392 e. The Bertz CT molecular complexity index is 696. The number of aromatic nitrogens is 3. The highest BCUT2D eigenvalue weighted by Gasteiger charge is 2.18. The average Bonchev–Trinajstić information content (AvgIpc) is 2.89. The summed E-state index contributed by atoms with van der Waals surface area (Å²) < 4.78 is 27.0. The molecule has 20 heavy (non-hydrogen) atoms. The molecule has 0 atom stereocenters. The van der Waals surface area contributed by atoms with Crippen molar-refractivity contribution in [1.29, 1.82) is 0 Å². The van der Waals surface area contributed by atoms with Crippen molar-refractivity contribution in [2.45, 2.75) is 31.9 Å². The molecule has 0 radical (unpaired) electrons. The Morgan fingerprint density at radius 3 is 2.65 bits per heavy atom. The molecule has 108 valence electrons. The average molecular weight is 296 g/mol. The number of aryl methyl sites for hydroxylation is 2. The maximum Gasteiger partial charge on any atom is 0.241 e. The fraction of sp³-hybridized carbons (Fsp3) is 0.333. The second-order valence-electron chi connectivity index (χ2n) is 4.46. The second-order valence-corrected chi connectivity index (χ2v) is 6.19. The van der Waals surface area contributed by atoms with E-state index >= 15 is 0 Å². The van der Waals surface area contributed by atoms with Crippen LogP contribution in [0.4, 0.5) is 0 Å². The lowest BCUT2D eigenvalue weighted by Crippen LogP contribution is -2.25. The zero-order chi connectivity index (χ0) is 14.8. The largest absolute Gasteiger partial charge is 0.392 e. The van der Waals surface area contributed by atoms with Gasteiger partial charge in [0.1, 0.15) is 12.2 Å². The SMILES string of the molecule is Cc1cc(C)c(S(=O)(=O)NCc2ncn[nH]2)cc1CO. The Morgan fingerprint density at radius 2 is 2.05 bits per heavy atom. The first-order valence-electron chi connectivity index (χ1n) is 5.99. The molecule has 2 aromatic rings. The van der Waals surface area contributed by atoms with Crippen LogP contribution in [0.1, 0.15) is 22.5 Å². The van der Waals surface area contributed by atoms with E-state index in [2.05, 4.69) is 19.9 Å². The summed E-state index contributed by atoms with van der Waals surface area (Å²) in [6.07, 6.45) is 1.31. The van der Waals surface area contributed by atoms with Crippen molar-refractivity contribution in [3.8, 4) is 0 Å². The Balaban J connectivity index is 2.29. The molecule has 1 aromatic carbocycles. The van der Waals surface area contributed by atoms with Crippen LogP contribution in [-0.4, -0.2) is 28.7 Å². The van der Waals surface area contributed by atoms with Gasteiger partial charge < -0.3 is 5.11 Å². The molecule has 0 aliphatic carbocycles. The summed E-state index contributed by atoms with van der Waals surface area (Å²) in [6, 6.07) is 3.24. The summed E-state index contributed by atoms with van der Waals surface area (Å²) in [5.74, 6) is 0.431. The van der Waals surface area contributed by atoms with Gasteiger partial charge in [-0.3, -0.25) is 5.10 Å². The van der Waals surface area contributed by atoms with E-state index in [1.54, 1.807) is 13.0 Å². The van der Waals surface area contributed by atoms with E-state index in [-0.39, 0.29) is 18.0 Å². The smallest absolute Gasteiger partial charge is 0.241 e. The molecule has 0 amide bonds. The number of aromatic amines is 1. The Labute approximate surface area is 117 Å². The van der Waals surface area contributed by atoms with Gasteiger partial charge in [-0.15, -0.1) is 0 Å². The third-order valence-electron chi connectivity index (χ3n) is 2.99. The molecule has 0 unspecified atom stereocenters. The molecule has 7 nitrogen and oxygen atoms in total. The number of rotatable bonds is 5. The number of hydrogen-bond acceptors (Lipinski definition) is 5. The van der Waals surface area contributed by atoms with E-state index in [0.717, 1.165) is 5.56 Å². The van der Waals surface area contributed by atoms with E-state index in [9.17, 15) is 13.5 Å². The molecule has 0 spiro atoms. The predicted molar refractivity (Wildman–Crippen MR) is 72.2 cm³/mol. The van der Waals surface area contributed by atoms with Crippen LogP contribution in [-0.2, 0) is 23.2 Å². The van der Waals surface area contributed by atoms with Gasteiger partial charge in [0.2, 0.25) is 10.0 Å². The fourth-order valence-electron chi connectivity index (χ4n) is 1.89. The molecule has 1 aromatic heterocycles. The van der Waals surface area contributed by atoms with E-state index in [1.165, 1.54) is 12.4 Å². The maximum absolute atomic E-state index is 12.3. The number of nitrogens with one attached hydrogen (secondary N) is 2. The number of sulfonamides is 1. The number of benzene rings is 1. The van der Waals surface area contributed by atoms with Gasteiger partial charge in [0, 0.05) is 0 Å². The zero-order valence-corrected chi connectivity index (χ0v) is 12.0. The molecule has 8 heteroatoms. The van der Waals surface area contributed by atoms with Crippen molar-refractivity contribution >= 4 is 10.0 Å². The van der Waals surface area contributed by atoms with Crippen LogP contribution in [0.15, 0.2) is 23.4 Å². The van der Waals surface area contributed by atoms with Gasteiger partial charge in [-0.05, 0) is 36.6 Å². The normalized spacial score (nSPS) is 11.8. The summed E-state index contributed by atoms with van der Waals surface area (Å²) in [6.45, 7) is 3.38. The minimum absolute atomic E-state index is 0.0319. The second kappa shape index (κ2) is 5.70. The van der Waals surface area contributed by atoms with Gasteiger partial charge >= 0.3 is 0 Å². The fourth-order valence-corrected chi connectivity index (χ4v) is 3.15. The van der Waals surface area contributed by atoms with E-state index in [4.69, 9.17) is 0 Å². The lowest BCUT2D eigenvalue weighted by Gasteiger charge is -2.12. The van der Waals surface area contributed by atoms with Gasteiger partial charge in [-0.25, -0.2) is 18.1 Å². The van der Waals surface area contributed by atoms with Crippen LogP contribution in [0.3, 0.4) is 0 Å². The highest BCUT2D eigenvalue weighted by atomic mass is 32.2. The molecular formula is C12H16N4O3S. The lowest BCUT2D eigenvalue weighted by atomic mass is 10.1. The molecule has 3 N–H and O–H groups in total. The first-order valence-corrected chi connectivity index (χ1v) is 7.47. The first-order chi connectivity index (χ1) is 9.44. The molecule has 0 saturated carbocycles. The third kappa shape index (κ3) is 3.03. The van der Waals surface area contributed by atoms with Gasteiger partial charge in [0.25, 0.3) is 0 Å². The topological polar surface area (TPSA) is 108 Å². The predicted octanol–water partition coefficient (Wildman–Crippen LogP) is 0.392. The summed E-state index contributed by atoms with van der Waals surface area (Å²) >= 11 is 0. The van der Waals surface area contributed by atoms with Crippen molar-refractivity contribution in [3.05, 3.63) is 41.0 Å². The van der Waals surface area contributed by atoms with Crippen molar-refractivity contribution in [2.24, 2.45) is 0 Å². The number of H-pyrrole nitrogens is 1. The van der Waals surface area contributed by atoms with Crippen LogP contribution >= 0.6 is 0 Å². The van der Waals surface area contributed by atoms with Crippen LogP contribution in [0.5, 0.6) is 0 Å². The first kappa shape index (κ1) is 14.6. The monoisotopic (exact) mass is 296 g/mol. The highest BCUT2D eigenvalue weighted by Crippen LogP contribution is 2.20. The number of nitrogens with zero attached hydrogens (tertiary/aromatic N) is 2. The summed E-state index contributed by atoms with van der Waals surface area (Å²) in [4.78, 5) is 4.01. The Hall–Kier alpha value is -1.77. The molecule has 0 aliphatic rings. The maximum atomic E-state index is 12.3. The Kier molecular flexibility index (Phi) is 4.17. The summed E-state index contributed by atoms with van der Waals surface area (Å²) in [7, 11) is -3.67. The van der Waals surface area contributed by atoms with E-state index in [0.29, 0.717) is 17.0 Å². The zero-order valence-electron chi connectivity index (χ0n) is 11.2. The third-order valence-corrected chi connectivity index (χ3v) is 4.53. The highest BCUT2D eigenvalue weighted by molar-refractivity contribution is 7.89. The quantitative estimate of drug-likeness (QED) is 0.740. The molecule has 0 fully saturated rings. The van der Waals surface area contributed by atoms with Crippen molar-refractivity contribution in [2.75, 3.05) is 0 Å². The van der Waals surface area contributed by atoms with Crippen molar-refractivity contribution < 1.29 is 13.5 Å². The van der Waals surface area contributed by atoms with Crippen LogP contribution in [0.2, 0.25) is 0 Å². The van der Waals surface area contributed by atoms with Crippen LogP contribution in [0, 0.1) is 13.8 Å². The van der Waals surface area contributed by atoms with Crippen LogP contribution < -0.4 is 4.72 Å². The molecule has 2 rings (SSSR count). The lowest BCUT2D eigenvalue weighted by molar-refractivity contribution is 0.280.